The number of ether oxygens (including phenoxy) is 1. The Kier molecular flexibility index (Phi) is 12.6. The van der Waals surface area contributed by atoms with E-state index in [-0.39, 0.29) is 53.9 Å². The lowest BCUT2D eigenvalue weighted by Crippen LogP contribution is -2.49. The van der Waals surface area contributed by atoms with Gasteiger partial charge in [-0.25, -0.2) is 17.6 Å². The van der Waals surface area contributed by atoms with Crippen molar-refractivity contribution in [1.82, 2.24) is 15.1 Å². The second-order valence-electron chi connectivity index (χ2n) is 15.2. The number of piperazine rings is 1. The van der Waals surface area contributed by atoms with Gasteiger partial charge in [0, 0.05) is 63.5 Å². The Morgan fingerprint density at radius 2 is 1.62 bits per heavy atom. The highest BCUT2D eigenvalue weighted by Gasteiger charge is 2.51. The zero-order chi connectivity index (χ0) is 44.6. The molecule has 3 aromatic rings. The molecule has 0 aliphatic carbocycles. The Bertz CT molecular complexity index is 2310. The van der Waals surface area contributed by atoms with Crippen molar-refractivity contribution in [3.63, 3.8) is 0 Å². The summed E-state index contributed by atoms with van der Waals surface area (Å²) in [6, 6.07) is 9.14. The molecule has 3 N–H and O–H groups in total. The van der Waals surface area contributed by atoms with Crippen LogP contribution in [0.3, 0.4) is 0 Å². The number of halogens is 7. The summed E-state index contributed by atoms with van der Waals surface area (Å²) in [5, 5.41) is 16.2. The largest absolute Gasteiger partial charge is 0.492 e. The number of anilines is 4. The number of nitrogens with zero attached hydrogens (tertiary/aromatic N) is 5. The molecule has 3 heterocycles. The van der Waals surface area contributed by atoms with Crippen LogP contribution >= 0.6 is 12.2 Å². The fourth-order valence-corrected chi connectivity index (χ4v) is 7.75. The van der Waals surface area contributed by atoms with Gasteiger partial charge in [0.1, 0.15) is 23.9 Å². The summed E-state index contributed by atoms with van der Waals surface area (Å²) in [6.07, 6.45) is -4.69. The van der Waals surface area contributed by atoms with Crippen molar-refractivity contribution >= 4 is 63.7 Å². The number of amides is 4. The summed E-state index contributed by atoms with van der Waals surface area (Å²) in [4.78, 5) is 55.9. The third kappa shape index (κ3) is 9.71. The van der Waals surface area contributed by atoms with Gasteiger partial charge in [-0.3, -0.25) is 39.2 Å². The molecule has 13 nitrogen and oxygen atoms in total. The maximum atomic E-state index is 15.1. The van der Waals surface area contributed by atoms with Crippen LogP contribution in [0.1, 0.15) is 50.3 Å². The molecule has 1 unspecified atom stereocenters. The lowest BCUT2D eigenvalue weighted by molar-refractivity contribution is -0.138. The molecule has 4 amide bonds. The fourth-order valence-electron chi connectivity index (χ4n) is 7.23. The standard InChI is InChI=1S/C40H39F7N8O5S/c1-38(2)36(59)54(24-5-4-22(20-48)26(18-24)40(45,46)47)37(61)55(38)25-6-8-31(27(19-25)39(3,43)44)60-15-14-52-10-12-53(13-11-52)21-33(57)50-30-17-23(16-28(41)34(30)42)49-29-7-9-32(56)51-35(29)58/h4-6,8,16-19,29,49H,7,9-15,21H2,1-3H3,(H,50,57)(H,51,56,58). The van der Waals surface area contributed by atoms with Crippen molar-refractivity contribution in [2.75, 3.05) is 66.3 Å². The van der Waals surface area contributed by atoms with Gasteiger partial charge in [0.25, 0.3) is 11.8 Å². The van der Waals surface area contributed by atoms with E-state index in [2.05, 4.69) is 16.0 Å². The normalized spacial score (nSPS) is 18.9. The monoisotopic (exact) mass is 876 g/mol. The van der Waals surface area contributed by atoms with Crippen LogP contribution in [0.4, 0.5) is 53.5 Å². The van der Waals surface area contributed by atoms with E-state index >= 15 is 8.78 Å². The van der Waals surface area contributed by atoms with Crippen LogP contribution < -0.4 is 30.5 Å². The number of hydrogen-bond donors (Lipinski definition) is 3. The number of nitriles is 1. The number of hydrogen-bond acceptors (Lipinski definition) is 10. The van der Waals surface area contributed by atoms with Gasteiger partial charge >= 0.3 is 6.18 Å². The molecule has 324 valence electrons. The first kappa shape index (κ1) is 44.7. The summed E-state index contributed by atoms with van der Waals surface area (Å²) in [6.45, 7) is 5.40. The van der Waals surface area contributed by atoms with E-state index < -0.39 is 81.3 Å². The van der Waals surface area contributed by atoms with Crippen molar-refractivity contribution in [2.45, 2.75) is 57.3 Å². The number of carbonyl (C=O) groups excluding carboxylic acids is 4. The molecule has 3 fully saturated rings. The van der Waals surface area contributed by atoms with E-state index in [1.807, 2.05) is 4.90 Å². The molecule has 21 heteroatoms. The molecule has 0 aromatic heterocycles. The summed E-state index contributed by atoms with van der Waals surface area (Å²) in [5.41, 5.74) is -4.57. The van der Waals surface area contributed by atoms with Gasteiger partial charge < -0.3 is 20.3 Å². The van der Waals surface area contributed by atoms with Gasteiger partial charge in [0.2, 0.25) is 17.7 Å². The Morgan fingerprint density at radius 3 is 2.26 bits per heavy atom. The number of carbonyl (C=O) groups is 4. The van der Waals surface area contributed by atoms with Crippen molar-refractivity contribution < 1.29 is 54.6 Å². The minimum Gasteiger partial charge on any atom is -0.492 e. The van der Waals surface area contributed by atoms with E-state index in [0.717, 1.165) is 35.2 Å². The topological polar surface area (TPSA) is 150 Å². The minimum atomic E-state index is -4.91. The summed E-state index contributed by atoms with van der Waals surface area (Å²) in [5.74, 6) is -8.54. The molecule has 3 aliphatic rings. The maximum Gasteiger partial charge on any atom is 0.417 e. The smallest absolute Gasteiger partial charge is 0.417 e. The van der Waals surface area contributed by atoms with Crippen molar-refractivity contribution in [1.29, 1.82) is 5.26 Å². The third-order valence-corrected chi connectivity index (χ3v) is 10.8. The molecule has 0 radical (unpaired) electrons. The maximum absolute atomic E-state index is 15.1. The van der Waals surface area contributed by atoms with Gasteiger partial charge in [-0.05, 0) is 75.0 Å². The molecule has 61 heavy (non-hydrogen) atoms. The number of piperidine rings is 1. The zero-order valence-corrected chi connectivity index (χ0v) is 33.7. The summed E-state index contributed by atoms with van der Waals surface area (Å²) < 4.78 is 106. The van der Waals surface area contributed by atoms with Crippen LogP contribution in [0.5, 0.6) is 5.75 Å². The van der Waals surface area contributed by atoms with Crippen LogP contribution in [0.15, 0.2) is 48.5 Å². The molecule has 0 spiro atoms. The highest BCUT2D eigenvalue weighted by molar-refractivity contribution is 7.81. The molecule has 6 rings (SSSR count). The molecule has 0 saturated carbocycles. The van der Waals surface area contributed by atoms with E-state index in [1.54, 1.807) is 4.90 Å². The van der Waals surface area contributed by atoms with Crippen LogP contribution in [0, 0.1) is 23.0 Å². The Morgan fingerprint density at radius 1 is 0.967 bits per heavy atom. The average molecular weight is 877 g/mol. The highest BCUT2D eigenvalue weighted by atomic mass is 32.1. The van der Waals surface area contributed by atoms with E-state index in [0.29, 0.717) is 45.7 Å². The molecular formula is C40H39F7N8O5S. The van der Waals surface area contributed by atoms with Crippen molar-refractivity contribution in [3.05, 3.63) is 76.9 Å². The Labute approximate surface area is 350 Å². The summed E-state index contributed by atoms with van der Waals surface area (Å²) in [7, 11) is 0. The van der Waals surface area contributed by atoms with Gasteiger partial charge in [-0.1, -0.05) is 0 Å². The first-order valence-electron chi connectivity index (χ1n) is 18.9. The van der Waals surface area contributed by atoms with Crippen LogP contribution in [0.25, 0.3) is 0 Å². The van der Waals surface area contributed by atoms with Gasteiger partial charge in [-0.2, -0.15) is 18.4 Å². The quantitative estimate of drug-likeness (QED) is 0.116. The molecular weight excluding hydrogens is 838 g/mol. The number of thiocarbonyl (C=S) groups is 1. The Hall–Kier alpha value is -5.85. The van der Waals surface area contributed by atoms with Gasteiger partial charge in [-0.15, -0.1) is 0 Å². The first-order chi connectivity index (χ1) is 28.6. The van der Waals surface area contributed by atoms with Crippen LogP contribution in [-0.4, -0.2) is 96.0 Å². The molecule has 3 aromatic carbocycles. The predicted octanol–water partition coefficient (Wildman–Crippen LogP) is 5.74. The predicted molar refractivity (Wildman–Crippen MR) is 212 cm³/mol. The molecule has 3 aliphatic heterocycles. The first-order valence-corrected chi connectivity index (χ1v) is 19.3. The van der Waals surface area contributed by atoms with Gasteiger partial charge in [0.15, 0.2) is 16.7 Å². The number of imide groups is 1. The number of nitrogens with one attached hydrogen (secondary N) is 3. The average Bonchev–Trinajstić information content (AvgIpc) is 3.36. The Balaban J connectivity index is 1.05. The van der Waals surface area contributed by atoms with Crippen LogP contribution in [0.2, 0.25) is 0 Å². The number of rotatable bonds is 12. The minimum absolute atomic E-state index is 0.0168. The van der Waals surface area contributed by atoms with Crippen LogP contribution in [-0.2, 0) is 31.3 Å². The lowest BCUT2D eigenvalue weighted by atomic mass is 10.0. The number of benzene rings is 3. The van der Waals surface area contributed by atoms with E-state index in [4.69, 9.17) is 17.0 Å². The second kappa shape index (κ2) is 17.3. The summed E-state index contributed by atoms with van der Waals surface area (Å²) >= 11 is 5.55. The van der Waals surface area contributed by atoms with Crippen molar-refractivity contribution in [2.24, 2.45) is 0 Å². The van der Waals surface area contributed by atoms with Gasteiger partial charge in [0.05, 0.1) is 40.7 Å². The second-order valence-corrected chi connectivity index (χ2v) is 15.6. The highest BCUT2D eigenvalue weighted by Crippen LogP contribution is 2.43. The zero-order valence-electron chi connectivity index (χ0n) is 32.9. The van der Waals surface area contributed by atoms with E-state index in [9.17, 15) is 46.4 Å². The lowest BCUT2D eigenvalue weighted by Gasteiger charge is -2.34. The molecule has 1 atom stereocenters. The molecule has 0 bridgehead atoms. The SMILES string of the molecule is CC(F)(F)c1cc(N2C(=S)N(c3ccc(C#N)c(C(F)(F)F)c3)C(=O)C2(C)C)ccc1OCCN1CCN(CC(=O)Nc2cc(NC3CCC(=O)NC3=O)cc(F)c2F)CC1. The van der Waals surface area contributed by atoms with Crippen molar-refractivity contribution in [3.8, 4) is 11.8 Å². The number of alkyl halides is 5. The van der Waals surface area contributed by atoms with E-state index in [1.165, 1.54) is 36.9 Å². The fraction of sp³-hybridized carbons (Fsp3) is 0.400. The molecule has 3 saturated heterocycles. The third-order valence-electron chi connectivity index (χ3n) is 10.4.